The minimum Gasteiger partial charge on any atom is -0.491 e. The molecule has 7 heteroatoms. The molecule has 104 valence electrons. The van der Waals surface area contributed by atoms with Crippen LogP contribution in [0.15, 0.2) is 24.3 Å². The fourth-order valence-corrected chi connectivity index (χ4v) is 1.63. The number of rotatable bonds is 4. The van der Waals surface area contributed by atoms with Crippen LogP contribution in [0.25, 0.3) is 0 Å². The van der Waals surface area contributed by atoms with E-state index in [0.29, 0.717) is 12.4 Å². The normalized spacial score (nSPS) is 26.9. The molecule has 0 aliphatic carbocycles. The zero-order valence-corrected chi connectivity index (χ0v) is 10.4. The Hall–Kier alpha value is -1.70. The molecule has 2 rings (SSSR count). The van der Waals surface area contributed by atoms with Gasteiger partial charge in [0, 0.05) is 12.1 Å². The van der Waals surface area contributed by atoms with E-state index in [1.54, 1.807) is 6.92 Å². The largest absolute Gasteiger partial charge is 0.491 e. The van der Waals surface area contributed by atoms with E-state index in [-0.39, 0.29) is 24.5 Å². The summed E-state index contributed by atoms with van der Waals surface area (Å²) in [5.74, 6) is 0.502. The lowest BCUT2D eigenvalue weighted by atomic mass is 10.3. The fourth-order valence-electron chi connectivity index (χ4n) is 1.63. The summed E-state index contributed by atoms with van der Waals surface area (Å²) >= 11 is 0. The van der Waals surface area contributed by atoms with Gasteiger partial charge in [-0.15, -0.1) is 0 Å². The lowest BCUT2D eigenvalue weighted by Crippen LogP contribution is -2.44. The molecule has 1 aromatic carbocycles. The van der Waals surface area contributed by atoms with Crippen LogP contribution in [0.2, 0.25) is 0 Å². The molecule has 0 amide bonds. The highest BCUT2D eigenvalue weighted by Gasteiger charge is 2.27. The van der Waals surface area contributed by atoms with Gasteiger partial charge in [-0.2, -0.15) is 0 Å². The summed E-state index contributed by atoms with van der Waals surface area (Å²) in [6, 6.07) is 5.76. The summed E-state index contributed by atoms with van der Waals surface area (Å²) in [5.41, 5.74) is 0.00819. The van der Waals surface area contributed by atoms with Gasteiger partial charge in [0.15, 0.2) is 6.29 Å². The lowest BCUT2D eigenvalue weighted by molar-refractivity contribution is -0.384. The molecule has 1 unspecified atom stereocenters. The third-order valence-corrected chi connectivity index (χ3v) is 2.76. The van der Waals surface area contributed by atoms with E-state index >= 15 is 0 Å². The number of non-ortho nitro benzene ring substituents is 1. The Morgan fingerprint density at radius 2 is 2.16 bits per heavy atom. The smallest absolute Gasteiger partial charge is 0.269 e. The molecule has 0 bridgehead atoms. The van der Waals surface area contributed by atoms with E-state index in [1.807, 2.05) is 0 Å². The van der Waals surface area contributed by atoms with Crippen molar-refractivity contribution in [3.63, 3.8) is 0 Å². The molecule has 1 aromatic rings. The van der Waals surface area contributed by atoms with Crippen molar-refractivity contribution in [1.82, 2.24) is 0 Å². The Kier molecular flexibility index (Phi) is 4.31. The van der Waals surface area contributed by atoms with Gasteiger partial charge in [0.1, 0.15) is 24.6 Å². The first kappa shape index (κ1) is 13.7. The van der Waals surface area contributed by atoms with E-state index < -0.39 is 11.2 Å². The highest BCUT2D eigenvalue weighted by Crippen LogP contribution is 2.19. The van der Waals surface area contributed by atoms with Crippen molar-refractivity contribution in [2.75, 3.05) is 13.2 Å². The Bertz CT molecular complexity index is 434. The number of benzene rings is 1. The van der Waals surface area contributed by atoms with Gasteiger partial charge >= 0.3 is 0 Å². The van der Waals surface area contributed by atoms with Crippen molar-refractivity contribution in [2.24, 2.45) is 0 Å². The Balaban J connectivity index is 1.83. The number of aliphatic hydroxyl groups excluding tert-OH is 1. The minimum atomic E-state index is -0.959. The van der Waals surface area contributed by atoms with E-state index in [9.17, 15) is 15.2 Å². The van der Waals surface area contributed by atoms with E-state index in [1.165, 1.54) is 24.3 Å². The maximum Gasteiger partial charge on any atom is 0.269 e. The highest BCUT2D eigenvalue weighted by atomic mass is 16.7. The van der Waals surface area contributed by atoms with Gasteiger partial charge in [0.05, 0.1) is 11.5 Å². The number of hydrogen-bond acceptors (Lipinski definition) is 6. The van der Waals surface area contributed by atoms with Gasteiger partial charge in [-0.25, -0.2) is 0 Å². The van der Waals surface area contributed by atoms with Crippen LogP contribution in [0.5, 0.6) is 5.75 Å². The zero-order valence-electron chi connectivity index (χ0n) is 10.4. The second kappa shape index (κ2) is 5.96. The van der Waals surface area contributed by atoms with E-state index in [4.69, 9.17) is 14.2 Å². The van der Waals surface area contributed by atoms with Crippen LogP contribution in [-0.2, 0) is 9.47 Å². The van der Waals surface area contributed by atoms with Crippen molar-refractivity contribution in [3.05, 3.63) is 34.4 Å². The first-order chi connectivity index (χ1) is 9.06. The van der Waals surface area contributed by atoms with Crippen molar-refractivity contribution in [2.45, 2.75) is 25.4 Å². The molecular weight excluding hydrogens is 254 g/mol. The van der Waals surface area contributed by atoms with Crippen LogP contribution < -0.4 is 4.74 Å². The van der Waals surface area contributed by atoms with Gasteiger partial charge in [-0.1, -0.05) is 0 Å². The van der Waals surface area contributed by atoms with Gasteiger partial charge in [0.2, 0.25) is 0 Å². The Labute approximate surface area is 109 Å². The van der Waals surface area contributed by atoms with Crippen LogP contribution in [0.4, 0.5) is 5.69 Å². The summed E-state index contributed by atoms with van der Waals surface area (Å²) in [6.45, 7) is 2.27. The average molecular weight is 269 g/mol. The standard InChI is InChI=1S/C12H15NO6/c1-8-12(14)19-11(6-17-8)7-18-10-4-2-9(3-5-10)13(15)16/h2-5,8,11-12,14H,6-7H2,1H3/t8-,11-,12?/m0/s1. The quantitative estimate of drug-likeness (QED) is 0.650. The third-order valence-electron chi connectivity index (χ3n) is 2.76. The molecule has 19 heavy (non-hydrogen) atoms. The summed E-state index contributed by atoms with van der Waals surface area (Å²) in [7, 11) is 0. The maximum atomic E-state index is 10.5. The van der Waals surface area contributed by atoms with E-state index in [2.05, 4.69) is 0 Å². The first-order valence-corrected chi connectivity index (χ1v) is 5.88. The molecule has 1 aliphatic rings. The second-order valence-corrected chi connectivity index (χ2v) is 4.25. The predicted molar refractivity (Wildman–Crippen MR) is 64.9 cm³/mol. The number of nitro benzene ring substituents is 1. The van der Waals surface area contributed by atoms with Crippen LogP contribution in [0.3, 0.4) is 0 Å². The number of hydrogen-bond donors (Lipinski definition) is 1. The molecule has 1 fully saturated rings. The second-order valence-electron chi connectivity index (χ2n) is 4.25. The van der Waals surface area contributed by atoms with Crippen LogP contribution in [0.1, 0.15) is 6.92 Å². The molecular formula is C12H15NO6. The molecule has 7 nitrogen and oxygen atoms in total. The SMILES string of the molecule is C[C@@H]1OC[C@@H](COc2ccc([N+](=O)[O-])cc2)OC1O. The van der Waals surface area contributed by atoms with Gasteiger partial charge in [-0.3, -0.25) is 10.1 Å². The predicted octanol–water partition coefficient (Wildman–Crippen LogP) is 1.10. The monoisotopic (exact) mass is 269 g/mol. The minimum absolute atomic E-state index is 0.00819. The summed E-state index contributed by atoms with van der Waals surface area (Å²) < 4.78 is 16.0. The van der Waals surface area contributed by atoms with Gasteiger partial charge < -0.3 is 19.3 Å². The van der Waals surface area contributed by atoms with Crippen molar-refractivity contribution in [1.29, 1.82) is 0 Å². The average Bonchev–Trinajstić information content (AvgIpc) is 2.40. The molecule has 1 aliphatic heterocycles. The number of nitrogens with zero attached hydrogens (tertiary/aromatic N) is 1. The number of nitro groups is 1. The van der Waals surface area contributed by atoms with Crippen molar-refractivity contribution < 1.29 is 24.2 Å². The van der Waals surface area contributed by atoms with Crippen molar-refractivity contribution in [3.8, 4) is 5.75 Å². The van der Waals surface area contributed by atoms with Crippen LogP contribution >= 0.6 is 0 Å². The van der Waals surface area contributed by atoms with Crippen molar-refractivity contribution >= 4 is 5.69 Å². The van der Waals surface area contributed by atoms with Gasteiger partial charge in [-0.05, 0) is 19.1 Å². The molecule has 1 heterocycles. The fraction of sp³-hybridized carbons (Fsp3) is 0.500. The summed E-state index contributed by atoms with van der Waals surface area (Å²) in [4.78, 5) is 10.0. The molecule has 1 saturated heterocycles. The lowest BCUT2D eigenvalue weighted by Gasteiger charge is -2.31. The molecule has 0 saturated carbocycles. The number of ether oxygens (including phenoxy) is 3. The first-order valence-electron chi connectivity index (χ1n) is 5.88. The van der Waals surface area contributed by atoms with E-state index in [0.717, 1.165) is 0 Å². The molecule has 3 atom stereocenters. The highest BCUT2D eigenvalue weighted by molar-refractivity contribution is 5.35. The van der Waals surface area contributed by atoms with Crippen LogP contribution in [-0.4, -0.2) is 41.7 Å². The third kappa shape index (κ3) is 3.63. The zero-order chi connectivity index (χ0) is 13.8. The van der Waals surface area contributed by atoms with Gasteiger partial charge in [0.25, 0.3) is 5.69 Å². The molecule has 0 spiro atoms. The number of aliphatic hydroxyl groups is 1. The Morgan fingerprint density at radius 3 is 2.74 bits per heavy atom. The molecule has 0 radical (unpaired) electrons. The topological polar surface area (TPSA) is 91.1 Å². The molecule has 0 aromatic heterocycles. The summed E-state index contributed by atoms with van der Waals surface area (Å²) in [5, 5.41) is 19.9. The molecule has 1 N–H and O–H groups in total. The summed E-state index contributed by atoms with van der Waals surface area (Å²) in [6.07, 6.45) is -1.67. The maximum absolute atomic E-state index is 10.5. The van der Waals surface area contributed by atoms with Crippen LogP contribution in [0, 0.1) is 10.1 Å². The Morgan fingerprint density at radius 1 is 1.47 bits per heavy atom.